The third-order valence-corrected chi connectivity index (χ3v) is 5.47. The van der Waals surface area contributed by atoms with Crippen LogP contribution in [0.4, 0.5) is 0 Å². The van der Waals surface area contributed by atoms with Gasteiger partial charge in [0.1, 0.15) is 0 Å². The molecule has 0 fully saturated rings. The fourth-order valence-electron chi connectivity index (χ4n) is 1.63. The SMILES string of the molecule is NC(CCC(=O)O)C(=O)NCCSSCCNC(=O)C(N)CCC(=O)O. The Morgan fingerprint density at radius 1 is 0.769 bits per heavy atom. The highest BCUT2D eigenvalue weighted by atomic mass is 33.1. The van der Waals surface area contributed by atoms with E-state index in [9.17, 15) is 19.2 Å². The summed E-state index contributed by atoms with van der Waals surface area (Å²) in [6, 6.07) is -1.66. The smallest absolute Gasteiger partial charge is 0.303 e. The van der Waals surface area contributed by atoms with E-state index in [0.29, 0.717) is 24.6 Å². The number of carbonyl (C=O) groups is 4. The zero-order valence-electron chi connectivity index (χ0n) is 14.3. The Balaban J connectivity index is 3.58. The van der Waals surface area contributed by atoms with E-state index in [4.69, 9.17) is 21.7 Å². The average molecular weight is 411 g/mol. The molecule has 0 aromatic heterocycles. The largest absolute Gasteiger partial charge is 0.481 e. The van der Waals surface area contributed by atoms with Crippen LogP contribution in [0.25, 0.3) is 0 Å². The van der Waals surface area contributed by atoms with Crippen LogP contribution < -0.4 is 22.1 Å². The maximum Gasteiger partial charge on any atom is 0.303 e. The Morgan fingerprint density at radius 3 is 1.42 bits per heavy atom. The molecule has 0 spiro atoms. The number of amides is 2. The van der Waals surface area contributed by atoms with Gasteiger partial charge in [-0.3, -0.25) is 19.2 Å². The van der Waals surface area contributed by atoms with Crippen molar-refractivity contribution in [2.45, 2.75) is 37.8 Å². The third-order valence-electron chi connectivity index (χ3n) is 3.06. The van der Waals surface area contributed by atoms with Gasteiger partial charge in [0, 0.05) is 37.4 Å². The fraction of sp³-hybridized carbons (Fsp3) is 0.714. The van der Waals surface area contributed by atoms with Crippen LogP contribution in [-0.2, 0) is 19.2 Å². The van der Waals surface area contributed by atoms with Crippen molar-refractivity contribution in [2.75, 3.05) is 24.6 Å². The van der Waals surface area contributed by atoms with Crippen molar-refractivity contribution >= 4 is 45.3 Å². The molecule has 150 valence electrons. The lowest BCUT2D eigenvalue weighted by molar-refractivity contribution is -0.138. The minimum atomic E-state index is -0.991. The predicted octanol–water partition coefficient (Wildman–Crippen LogP) is -1.02. The van der Waals surface area contributed by atoms with Gasteiger partial charge >= 0.3 is 11.9 Å². The summed E-state index contributed by atoms with van der Waals surface area (Å²) in [6.07, 6.45) is -0.107. The van der Waals surface area contributed by atoms with Gasteiger partial charge in [0.05, 0.1) is 12.1 Å². The summed E-state index contributed by atoms with van der Waals surface area (Å²) >= 11 is 0. The first-order valence-corrected chi connectivity index (χ1v) is 10.5. The van der Waals surface area contributed by atoms with Crippen LogP contribution in [-0.4, -0.2) is 70.6 Å². The van der Waals surface area contributed by atoms with Crippen LogP contribution in [0.1, 0.15) is 25.7 Å². The molecule has 0 aromatic carbocycles. The van der Waals surface area contributed by atoms with Crippen molar-refractivity contribution in [1.82, 2.24) is 10.6 Å². The highest BCUT2D eigenvalue weighted by Gasteiger charge is 2.15. The molecule has 2 amide bonds. The summed E-state index contributed by atoms with van der Waals surface area (Å²) in [7, 11) is 3.01. The summed E-state index contributed by atoms with van der Waals surface area (Å²) in [5.41, 5.74) is 11.1. The molecule has 0 aliphatic rings. The van der Waals surface area contributed by atoms with Gasteiger partial charge in [-0.2, -0.15) is 0 Å². The number of aliphatic carboxylic acids is 2. The van der Waals surface area contributed by atoms with Crippen LogP contribution in [0.2, 0.25) is 0 Å². The number of nitrogens with two attached hydrogens (primary N) is 2. The predicted molar refractivity (Wildman–Crippen MR) is 101 cm³/mol. The molecule has 0 aromatic rings. The summed E-state index contributed by atoms with van der Waals surface area (Å²) < 4.78 is 0. The molecule has 0 saturated heterocycles. The molecule has 26 heavy (non-hydrogen) atoms. The normalized spacial score (nSPS) is 12.8. The van der Waals surface area contributed by atoms with Crippen LogP contribution in [0.5, 0.6) is 0 Å². The van der Waals surface area contributed by atoms with Crippen molar-refractivity contribution in [3.05, 3.63) is 0 Å². The molecule has 0 aliphatic carbocycles. The number of nitrogens with one attached hydrogen (secondary N) is 2. The number of hydrogen-bond acceptors (Lipinski definition) is 8. The Bertz CT molecular complexity index is 438. The molecule has 0 radical (unpaired) electrons. The van der Waals surface area contributed by atoms with Gasteiger partial charge in [0.25, 0.3) is 0 Å². The van der Waals surface area contributed by atoms with Crippen LogP contribution in [0.3, 0.4) is 0 Å². The molecule has 2 atom stereocenters. The molecular weight excluding hydrogens is 384 g/mol. The van der Waals surface area contributed by atoms with E-state index in [-0.39, 0.29) is 37.5 Å². The van der Waals surface area contributed by atoms with Crippen LogP contribution >= 0.6 is 21.6 Å². The first-order chi connectivity index (χ1) is 12.2. The molecule has 12 heteroatoms. The first kappa shape index (κ1) is 24.5. The monoisotopic (exact) mass is 410 g/mol. The number of hydrogen-bond donors (Lipinski definition) is 6. The minimum Gasteiger partial charge on any atom is -0.481 e. The van der Waals surface area contributed by atoms with Crippen molar-refractivity contribution < 1.29 is 29.4 Å². The number of carbonyl (C=O) groups excluding carboxylic acids is 2. The van der Waals surface area contributed by atoms with Crippen molar-refractivity contribution in [3.8, 4) is 0 Å². The first-order valence-electron chi connectivity index (χ1n) is 7.98. The molecule has 2 unspecified atom stereocenters. The van der Waals surface area contributed by atoms with Gasteiger partial charge in [-0.15, -0.1) is 0 Å². The molecular formula is C14H26N4O6S2. The zero-order chi connectivity index (χ0) is 19.9. The average Bonchev–Trinajstić information content (AvgIpc) is 2.58. The summed E-state index contributed by atoms with van der Waals surface area (Å²) in [4.78, 5) is 44.0. The van der Waals surface area contributed by atoms with Gasteiger partial charge in [0.2, 0.25) is 11.8 Å². The number of rotatable bonds is 15. The van der Waals surface area contributed by atoms with E-state index in [1.54, 1.807) is 0 Å². The highest BCUT2D eigenvalue weighted by molar-refractivity contribution is 8.76. The minimum absolute atomic E-state index is 0.0946. The lowest BCUT2D eigenvalue weighted by atomic mass is 10.1. The lowest BCUT2D eigenvalue weighted by Crippen LogP contribution is -2.41. The standard InChI is InChI=1S/C14H26N4O6S2/c15-9(1-3-11(19)20)13(23)17-5-7-25-26-8-6-18-14(24)10(16)2-4-12(21)22/h9-10H,1-8,15-16H2,(H,17,23)(H,18,24)(H,19,20)(H,21,22). The molecule has 0 bridgehead atoms. The van der Waals surface area contributed by atoms with E-state index in [2.05, 4.69) is 10.6 Å². The molecule has 8 N–H and O–H groups in total. The topological polar surface area (TPSA) is 185 Å². The number of carboxylic acid groups (broad SMARTS) is 2. The lowest BCUT2D eigenvalue weighted by Gasteiger charge is -2.11. The molecule has 0 rings (SSSR count). The van der Waals surface area contributed by atoms with Crippen molar-refractivity contribution in [1.29, 1.82) is 0 Å². The summed E-state index contributed by atoms with van der Waals surface area (Å²) in [6.45, 7) is 0.813. The van der Waals surface area contributed by atoms with Gasteiger partial charge in [-0.25, -0.2) is 0 Å². The van der Waals surface area contributed by atoms with Crippen molar-refractivity contribution in [3.63, 3.8) is 0 Å². The Morgan fingerprint density at radius 2 is 1.12 bits per heavy atom. The van der Waals surface area contributed by atoms with E-state index in [1.165, 1.54) is 21.6 Å². The van der Waals surface area contributed by atoms with Crippen LogP contribution in [0.15, 0.2) is 0 Å². The highest BCUT2D eigenvalue weighted by Crippen LogP contribution is 2.19. The number of carboxylic acids is 2. The maximum absolute atomic E-state index is 11.6. The van der Waals surface area contributed by atoms with Gasteiger partial charge in [0.15, 0.2) is 0 Å². The van der Waals surface area contributed by atoms with E-state index in [1.807, 2.05) is 0 Å². The Kier molecular flexibility index (Phi) is 13.8. The van der Waals surface area contributed by atoms with Crippen molar-refractivity contribution in [2.24, 2.45) is 11.5 Å². The Labute approximate surface area is 159 Å². The summed E-state index contributed by atoms with van der Waals surface area (Å²) in [5, 5.41) is 22.3. The summed E-state index contributed by atoms with van der Waals surface area (Å²) in [5.74, 6) is -1.47. The Hall–Kier alpha value is -1.50. The van der Waals surface area contributed by atoms with Gasteiger partial charge in [-0.1, -0.05) is 21.6 Å². The van der Waals surface area contributed by atoms with E-state index in [0.717, 1.165) is 0 Å². The quantitative estimate of drug-likeness (QED) is 0.144. The molecule has 0 saturated carbocycles. The third kappa shape index (κ3) is 13.8. The fourth-order valence-corrected chi connectivity index (χ4v) is 3.45. The second-order valence-corrected chi connectivity index (χ2v) is 8.01. The molecule has 0 heterocycles. The maximum atomic E-state index is 11.6. The molecule has 10 nitrogen and oxygen atoms in total. The van der Waals surface area contributed by atoms with E-state index < -0.39 is 24.0 Å². The second-order valence-electron chi connectivity index (χ2n) is 5.30. The van der Waals surface area contributed by atoms with Gasteiger partial charge in [-0.05, 0) is 12.8 Å². The second kappa shape index (κ2) is 14.6. The van der Waals surface area contributed by atoms with Crippen LogP contribution in [0, 0.1) is 0 Å². The molecule has 0 aliphatic heterocycles. The van der Waals surface area contributed by atoms with Gasteiger partial charge < -0.3 is 32.3 Å². The zero-order valence-corrected chi connectivity index (χ0v) is 15.9. The van der Waals surface area contributed by atoms with E-state index >= 15 is 0 Å².